The Kier molecular flexibility index (Phi) is 3.72. The van der Waals surface area contributed by atoms with Crippen LogP contribution in [0.4, 0.5) is 0 Å². The second-order valence-corrected chi connectivity index (χ2v) is 4.90. The highest BCUT2D eigenvalue weighted by Crippen LogP contribution is 2.31. The first-order valence-corrected chi connectivity index (χ1v) is 6.15. The molecule has 0 spiro atoms. The van der Waals surface area contributed by atoms with Crippen molar-refractivity contribution in [3.05, 3.63) is 28.8 Å². The second-order valence-electron chi connectivity index (χ2n) is 4.47. The zero-order chi connectivity index (χ0) is 11.5. The molecule has 3 heteroatoms. The number of halogens is 1. The first-order chi connectivity index (χ1) is 7.66. The lowest BCUT2D eigenvalue weighted by molar-refractivity contribution is 0.164. The normalized spacial score (nSPS) is 17.9. The van der Waals surface area contributed by atoms with E-state index in [1.165, 1.54) is 19.3 Å². The van der Waals surface area contributed by atoms with Crippen molar-refractivity contribution in [1.82, 2.24) is 0 Å². The fourth-order valence-electron chi connectivity index (χ4n) is 1.84. The van der Waals surface area contributed by atoms with Crippen LogP contribution >= 0.6 is 11.6 Å². The molecule has 0 amide bonds. The Morgan fingerprint density at radius 3 is 2.81 bits per heavy atom. The second kappa shape index (κ2) is 5.07. The average molecular weight is 241 g/mol. The highest BCUT2D eigenvalue weighted by Gasteiger charge is 2.19. The summed E-state index contributed by atoms with van der Waals surface area (Å²) >= 11 is 5.90. The van der Waals surface area contributed by atoms with Crippen LogP contribution in [-0.2, 0) is 0 Å². The van der Waals surface area contributed by atoms with Crippen LogP contribution in [0.5, 0.6) is 5.75 Å². The molecular weight excluding hydrogens is 224 g/mol. The van der Waals surface area contributed by atoms with Gasteiger partial charge in [-0.05, 0) is 43.9 Å². The minimum Gasteiger partial charge on any atom is -0.493 e. The Morgan fingerprint density at radius 1 is 1.50 bits per heavy atom. The summed E-state index contributed by atoms with van der Waals surface area (Å²) in [6, 6.07) is 5.40. The minimum absolute atomic E-state index is 0.546. The smallest absolute Gasteiger partial charge is 0.125 e. The van der Waals surface area contributed by atoms with Crippen LogP contribution in [-0.4, -0.2) is 11.7 Å². The van der Waals surface area contributed by atoms with Crippen molar-refractivity contribution in [3.63, 3.8) is 0 Å². The van der Waals surface area contributed by atoms with Crippen molar-refractivity contribution >= 4 is 11.6 Å². The molecule has 0 aliphatic heterocycles. The zero-order valence-corrected chi connectivity index (χ0v) is 10.2. The van der Waals surface area contributed by atoms with Crippen LogP contribution in [0.25, 0.3) is 0 Å². The fraction of sp³-hybridized carbons (Fsp3) is 0.538. The molecule has 0 heterocycles. The van der Waals surface area contributed by atoms with Gasteiger partial charge in [0.15, 0.2) is 0 Å². The molecule has 1 N–H and O–H groups in total. The maximum Gasteiger partial charge on any atom is 0.125 e. The highest BCUT2D eigenvalue weighted by atomic mass is 35.5. The number of rotatable bonds is 4. The van der Waals surface area contributed by atoms with Gasteiger partial charge < -0.3 is 9.84 Å². The quantitative estimate of drug-likeness (QED) is 0.872. The van der Waals surface area contributed by atoms with Gasteiger partial charge in [-0.1, -0.05) is 18.0 Å². The Morgan fingerprint density at radius 2 is 2.25 bits per heavy atom. The number of aliphatic hydroxyl groups is 1. The van der Waals surface area contributed by atoms with E-state index in [1.807, 2.05) is 6.07 Å². The van der Waals surface area contributed by atoms with Gasteiger partial charge in [-0.3, -0.25) is 0 Å². The lowest BCUT2D eigenvalue weighted by Crippen LogP contribution is -2.19. The van der Waals surface area contributed by atoms with Gasteiger partial charge in [-0.2, -0.15) is 0 Å². The number of ether oxygens (including phenoxy) is 1. The molecule has 1 atom stereocenters. The summed E-state index contributed by atoms with van der Waals surface area (Å²) in [6.45, 7) is 2.48. The van der Waals surface area contributed by atoms with Crippen molar-refractivity contribution in [1.29, 1.82) is 0 Å². The molecule has 0 unspecified atom stereocenters. The average Bonchev–Trinajstić information content (AvgIpc) is 2.17. The van der Waals surface area contributed by atoms with E-state index in [0.717, 1.165) is 17.9 Å². The number of benzene rings is 1. The van der Waals surface area contributed by atoms with Crippen molar-refractivity contribution in [3.8, 4) is 5.75 Å². The van der Waals surface area contributed by atoms with Gasteiger partial charge in [-0.25, -0.2) is 0 Å². The molecule has 16 heavy (non-hydrogen) atoms. The van der Waals surface area contributed by atoms with E-state index in [-0.39, 0.29) is 0 Å². The third kappa shape index (κ3) is 2.69. The lowest BCUT2D eigenvalue weighted by Gasteiger charge is -2.26. The summed E-state index contributed by atoms with van der Waals surface area (Å²) in [4.78, 5) is 0. The fourth-order valence-corrected chi connectivity index (χ4v) is 2.02. The Hall–Kier alpha value is -0.730. The highest BCUT2D eigenvalue weighted by molar-refractivity contribution is 6.30. The maximum absolute atomic E-state index is 9.63. The van der Waals surface area contributed by atoms with Crippen LogP contribution in [0.3, 0.4) is 0 Å². The molecule has 1 saturated carbocycles. The van der Waals surface area contributed by atoms with Gasteiger partial charge in [0.1, 0.15) is 5.75 Å². The van der Waals surface area contributed by atoms with Gasteiger partial charge in [0, 0.05) is 10.6 Å². The minimum atomic E-state index is -0.546. The van der Waals surface area contributed by atoms with Gasteiger partial charge in [0.2, 0.25) is 0 Å². The molecule has 1 aromatic rings. The Labute approximate surface area is 101 Å². The first kappa shape index (κ1) is 11.7. The van der Waals surface area contributed by atoms with Crippen LogP contribution in [0, 0.1) is 5.92 Å². The van der Waals surface area contributed by atoms with E-state index in [4.69, 9.17) is 16.3 Å². The van der Waals surface area contributed by atoms with Crippen LogP contribution in [0.15, 0.2) is 18.2 Å². The number of aliphatic hydroxyl groups excluding tert-OH is 1. The summed E-state index contributed by atoms with van der Waals surface area (Å²) in [7, 11) is 0. The molecule has 0 saturated heterocycles. The molecule has 0 radical (unpaired) electrons. The van der Waals surface area contributed by atoms with Gasteiger partial charge in [0.05, 0.1) is 12.7 Å². The van der Waals surface area contributed by atoms with Crippen LogP contribution in [0.1, 0.15) is 37.9 Å². The van der Waals surface area contributed by atoms with Crippen LogP contribution < -0.4 is 4.74 Å². The number of hydrogen-bond donors (Lipinski definition) is 1. The molecular formula is C13H17ClO2. The van der Waals surface area contributed by atoms with Crippen molar-refractivity contribution in [2.24, 2.45) is 5.92 Å². The third-order valence-corrected chi connectivity index (χ3v) is 3.36. The van der Waals surface area contributed by atoms with E-state index >= 15 is 0 Å². The predicted molar refractivity (Wildman–Crippen MR) is 64.9 cm³/mol. The van der Waals surface area contributed by atoms with Crippen LogP contribution in [0.2, 0.25) is 5.02 Å². The van der Waals surface area contributed by atoms with Crippen molar-refractivity contribution in [2.75, 3.05) is 6.61 Å². The van der Waals surface area contributed by atoms with E-state index in [9.17, 15) is 5.11 Å². The molecule has 2 nitrogen and oxygen atoms in total. The topological polar surface area (TPSA) is 29.5 Å². The summed E-state index contributed by atoms with van der Waals surface area (Å²) in [5.41, 5.74) is 0.770. The lowest BCUT2D eigenvalue weighted by atomic mass is 9.86. The van der Waals surface area contributed by atoms with Gasteiger partial charge in [0.25, 0.3) is 0 Å². The Balaban J connectivity index is 2.05. The standard InChI is InChI=1S/C13H17ClO2/c1-9(15)12-7-11(14)5-6-13(12)16-8-10-3-2-4-10/h5-7,9-10,15H,2-4,8H2,1H3/t9-/m1/s1. The monoisotopic (exact) mass is 240 g/mol. The SMILES string of the molecule is C[C@@H](O)c1cc(Cl)ccc1OCC1CCC1. The molecule has 88 valence electrons. The molecule has 1 fully saturated rings. The van der Waals surface area contributed by atoms with Crippen molar-refractivity contribution < 1.29 is 9.84 Å². The van der Waals surface area contributed by atoms with E-state index in [2.05, 4.69) is 0 Å². The third-order valence-electron chi connectivity index (χ3n) is 3.12. The molecule has 2 rings (SSSR count). The van der Waals surface area contributed by atoms with E-state index in [1.54, 1.807) is 19.1 Å². The summed E-state index contributed by atoms with van der Waals surface area (Å²) < 4.78 is 5.74. The Bertz CT molecular complexity index is 359. The van der Waals surface area contributed by atoms with E-state index < -0.39 is 6.10 Å². The molecule has 1 aromatic carbocycles. The summed E-state index contributed by atoms with van der Waals surface area (Å²) in [5.74, 6) is 1.45. The maximum atomic E-state index is 9.63. The predicted octanol–water partition coefficient (Wildman–Crippen LogP) is 3.57. The molecule has 1 aliphatic carbocycles. The van der Waals surface area contributed by atoms with Gasteiger partial charge >= 0.3 is 0 Å². The van der Waals surface area contributed by atoms with E-state index in [0.29, 0.717) is 10.9 Å². The number of hydrogen-bond acceptors (Lipinski definition) is 2. The molecule has 1 aliphatic rings. The first-order valence-electron chi connectivity index (χ1n) is 5.77. The van der Waals surface area contributed by atoms with Crippen molar-refractivity contribution in [2.45, 2.75) is 32.3 Å². The summed E-state index contributed by atoms with van der Waals surface area (Å²) in [5, 5.41) is 10.3. The zero-order valence-electron chi connectivity index (χ0n) is 9.45. The van der Waals surface area contributed by atoms with Gasteiger partial charge in [-0.15, -0.1) is 0 Å². The largest absolute Gasteiger partial charge is 0.493 e. The molecule has 0 aromatic heterocycles. The summed E-state index contributed by atoms with van der Waals surface area (Å²) in [6.07, 6.45) is 3.29. The molecule has 0 bridgehead atoms.